The zero-order valence-corrected chi connectivity index (χ0v) is 14.3. The SMILES string of the molecule is CCCc1cc(C2CCCN2C(=O)Nc2ccccc2C(F)(F)F)no1. The van der Waals surface area contributed by atoms with Crippen molar-refractivity contribution in [3.63, 3.8) is 0 Å². The minimum absolute atomic E-state index is 0.248. The minimum atomic E-state index is -4.53. The molecule has 1 atom stereocenters. The quantitative estimate of drug-likeness (QED) is 0.826. The van der Waals surface area contributed by atoms with Crippen molar-refractivity contribution in [3.8, 4) is 0 Å². The van der Waals surface area contributed by atoms with Crippen molar-refractivity contribution in [1.29, 1.82) is 0 Å². The third kappa shape index (κ3) is 3.84. The van der Waals surface area contributed by atoms with Crippen LogP contribution in [0, 0.1) is 0 Å². The first-order valence-electron chi connectivity index (χ1n) is 8.59. The number of carbonyl (C=O) groups excluding carboxylic acids is 1. The Morgan fingerprint density at radius 1 is 1.38 bits per heavy atom. The lowest BCUT2D eigenvalue weighted by Crippen LogP contribution is -2.35. The zero-order chi connectivity index (χ0) is 18.7. The second kappa shape index (κ2) is 7.39. The Kier molecular flexibility index (Phi) is 5.20. The molecule has 0 spiro atoms. The van der Waals surface area contributed by atoms with E-state index in [0.717, 1.165) is 31.1 Å². The van der Waals surface area contributed by atoms with Crippen LogP contribution in [0.1, 0.15) is 49.2 Å². The molecule has 2 heterocycles. The maximum absolute atomic E-state index is 13.1. The largest absolute Gasteiger partial charge is 0.418 e. The van der Waals surface area contributed by atoms with Gasteiger partial charge >= 0.3 is 12.2 Å². The van der Waals surface area contributed by atoms with E-state index in [9.17, 15) is 18.0 Å². The molecule has 1 saturated heterocycles. The first-order valence-corrected chi connectivity index (χ1v) is 8.59. The third-order valence-electron chi connectivity index (χ3n) is 4.40. The first-order chi connectivity index (χ1) is 12.4. The number of aromatic nitrogens is 1. The molecule has 1 fully saturated rings. The molecule has 3 rings (SSSR count). The van der Waals surface area contributed by atoms with E-state index in [0.29, 0.717) is 18.7 Å². The molecule has 2 aromatic rings. The summed E-state index contributed by atoms with van der Waals surface area (Å²) in [6, 6.07) is 5.92. The van der Waals surface area contributed by atoms with Gasteiger partial charge in [-0.3, -0.25) is 0 Å². The van der Waals surface area contributed by atoms with Gasteiger partial charge in [0.15, 0.2) is 0 Å². The van der Waals surface area contributed by atoms with E-state index in [-0.39, 0.29) is 11.7 Å². The number of urea groups is 1. The number of amides is 2. The molecule has 0 saturated carbocycles. The highest BCUT2D eigenvalue weighted by Gasteiger charge is 2.36. The summed E-state index contributed by atoms with van der Waals surface area (Å²) >= 11 is 0. The summed E-state index contributed by atoms with van der Waals surface area (Å²) in [6.45, 7) is 2.48. The lowest BCUT2D eigenvalue weighted by molar-refractivity contribution is -0.136. The average Bonchev–Trinajstić information content (AvgIpc) is 3.23. The third-order valence-corrected chi connectivity index (χ3v) is 4.40. The number of carbonyl (C=O) groups is 1. The van der Waals surface area contributed by atoms with Crippen LogP contribution in [0.3, 0.4) is 0 Å². The number of likely N-dealkylation sites (tertiary alicyclic amines) is 1. The number of aryl methyl sites for hydroxylation is 1. The first kappa shape index (κ1) is 18.3. The summed E-state index contributed by atoms with van der Waals surface area (Å²) in [5.41, 5.74) is -0.469. The fraction of sp³-hybridized carbons (Fsp3) is 0.444. The van der Waals surface area contributed by atoms with Crippen LogP contribution >= 0.6 is 0 Å². The molecule has 0 aliphatic carbocycles. The number of alkyl halides is 3. The van der Waals surface area contributed by atoms with Crippen molar-refractivity contribution in [2.75, 3.05) is 11.9 Å². The van der Waals surface area contributed by atoms with E-state index < -0.39 is 17.8 Å². The summed E-state index contributed by atoms with van der Waals surface area (Å²) < 4.78 is 44.6. The Morgan fingerprint density at radius 2 is 2.15 bits per heavy atom. The predicted octanol–water partition coefficient (Wildman–Crippen LogP) is 5.01. The highest BCUT2D eigenvalue weighted by molar-refractivity contribution is 5.90. The molecule has 2 amide bonds. The van der Waals surface area contributed by atoms with Crippen molar-refractivity contribution in [3.05, 3.63) is 47.3 Å². The molecule has 0 bridgehead atoms. The van der Waals surface area contributed by atoms with E-state index in [1.165, 1.54) is 23.1 Å². The Labute approximate surface area is 149 Å². The molecule has 26 heavy (non-hydrogen) atoms. The van der Waals surface area contributed by atoms with Crippen molar-refractivity contribution < 1.29 is 22.5 Å². The van der Waals surface area contributed by atoms with Crippen LogP contribution in [0.25, 0.3) is 0 Å². The average molecular weight is 367 g/mol. The number of hydrogen-bond donors (Lipinski definition) is 1. The fourth-order valence-corrected chi connectivity index (χ4v) is 3.19. The van der Waals surface area contributed by atoms with Gasteiger partial charge in [0.25, 0.3) is 0 Å². The number of benzene rings is 1. The normalized spacial score (nSPS) is 17.5. The molecular formula is C18H20F3N3O2. The van der Waals surface area contributed by atoms with E-state index in [2.05, 4.69) is 10.5 Å². The highest BCUT2D eigenvalue weighted by atomic mass is 19.4. The number of rotatable bonds is 4. The Morgan fingerprint density at radius 3 is 2.88 bits per heavy atom. The smallest absolute Gasteiger partial charge is 0.361 e. The molecule has 1 unspecified atom stereocenters. The van der Waals surface area contributed by atoms with Gasteiger partial charge in [-0.1, -0.05) is 24.2 Å². The number of nitrogens with one attached hydrogen (secondary N) is 1. The van der Waals surface area contributed by atoms with E-state index in [1.807, 2.05) is 13.0 Å². The summed E-state index contributed by atoms with van der Waals surface area (Å²) in [7, 11) is 0. The van der Waals surface area contributed by atoms with Gasteiger partial charge in [0, 0.05) is 19.0 Å². The van der Waals surface area contributed by atoms with Gasteiger partial charge < -0.3 is 14.7 Å². The predicted molar refractivity (Wildman–Crippen MR) is 89.6 cm³/mol. The minimum Gasteiger partial charge on any atom is -0.361 e. The lowest BCUT2D eigenvalue weighted by Gasteiger charge is -2.24. The van der Waals surface area contributed by atoms with Crippen LogP contribution in [0.15, 0.2) is 34.9 Å². The van der Waals surface area contributed by atoms with Crippen LogP contribution < -0.4 is 5.32 Å². The maximum atomic E-state index is 13.1. The number of nitrogens with zero attached hydrogens (tertiary/aromatic N) is 2. The van der Waals surface area contributed by atoms with Gasteiger partial charge in [-0.25, -0.2) is 4.79 Å². The number of para-hydroxylation sites is 1. The maximum Gasteiger partial charge on any atom is 0.418 e. The highest BCUT2D eigenvalue weighted by Crippen LogP contribution is 2.36. The number of anilines is 1. The monoisotopic (exact) mass is 367 g/mol. The van der Waals surface area contributed by atoms with Gasteiger partial charge in [0.05, 0.1) is 17.3 Å². The van der Waals surface area contributed by atoms with Crippen LogP contribution in [-0.4, -0.2) is 22.6 Å². The molecule has 5 nitrogen and oxygen atoms in total. The van der Waals surface area contributed by atoms with E-state index >= 15 is 0 Å². The van der Waals surface area contributed by atoms with Crippen LogP contribution in [0.2, 0.25) is 0 Å². The topological polar surface area (TPSA) is 58.4 Å². The molecule has 8 heteroatoms. The second-order valence-corrected chi connectivity index (χ2v) is 6.29. The summed E-state index contributed by atoms with van der Waals surface area (Å²) in [5.74, 6) is 0.747. The zero-order valence-electron chi connectivity index (χ0n) is 14.3. The Bertz CT molecular complexity index is 773. The van der Waals surface area contributed by atoms with E-state index in [1.54, 1.807) is 0 Å². The van der Waals surface area contributed by atoms with Crippen LogP contribution in [0.5, 0.6) is 0 Å². The molecule has 1 aliphatic heterocycles. The molecule has 1 aliphatic rings. The summed E-state index contributed by atoms with van der Waals surface area (Å²) in [6.07, 6.45) is -1.40. The van der Waals surface area contributed by atoms with Crippen molar-refractivity contribution in [2.45, 2.75) is 44.8 Å². The van der Waals surface area contributed by atoms with Gasteiger partial charge in [-0.2, -0.15) is 13.2 Å². The van der Waals surface area contributed by atoms with Crippen molar-refractivity contribution in [2.24, 2.45) is 0 Å². The van der Waals surface area contributed by atoms with Crippen molar-refractivity contribution in [1.82, 2.24) is 10.1 Å². The van der Waals surface area contributed by atoms with Gasteiger partial charge in [-0.05, 0) is 31.4 Å². The standard InChI is InChI=1S/C18H20F3N3O2/c1-2-6-12-11-15(23-26-12)16-9-5-10-24(16)17(25)22-14-8-4-3-7-13(14)18(19,20)21/h3-4,7-8,11,16H,2,5-6,9-10H2,1H3,(H,22,25). The van der Waals surface area contributed by atoms with E-state index in [4.69, 9.17) is 4.52 Å². The molecule has 1 aromatic heterocycles. The van der Waals surface area contributed by atoms with Crippen LogP contribution in [-0.2, 0) is 12.6 Å². The van der Waals surface area contributed by atoms with Crippen LogP contribution in [0.4, 0.5) is 23.7 Å². The van der Waals surface area contributed by atoms with Crippen molar-refractivity contribution >= 4 is 11.7 Å². The second-order valence-electron chi connectivity index (χ2n) is 6.29. The summed E-state index contributed by atoms with van der Waals surface area (Å²) in [4.78, 5) is 14.1. The summed E-state index contributed by atoms with van der Waals surface area (Å²) in [5, 5.41) is 6.44. The molecule has 0 radical (unpaired) electrons. The molecule has 1 aromatic carbocycles. The Hall–Kier alpha value is -2.51. The van der Waals surface area contributed by atoms with Gasteiger partial charge in [0.2, 0.25) is 0 Å². The number of halogens is 3. The lowest BCUT2D eigenvalue weighted by atomic mass is 10.1. The Balaban J connectivity index is 1.77. The molecule has 1 N–H and O–H groups in total. The fourth-order valence-electron chi connectivity index (χ4n) is 3.19. The van der Waals surface area contributed by atoms with Gasteiger partial charge in [0.1, 0.15) is 11.5 Å². The van der Waals surface area contributed by atoms with Gasteiger partial charge in [-0.15, -0.1) is 0 Å². The molecule has 140 valence electrons. The molecular weight excluding hydrogens is 347 g/mol. The number of hydrogen-bond acceptors (Lipinski definition) is 3.